The van der Waals surface area contributed by atoms with Crippen molar-refractivity contribution in [3.05, 3.63) is 85.5 Å². The van der Waals surface area contributed by atoms with Crippen LogP contribution in [0.25, 0.3) is 16.8 Å². The highest BCUT2D eigenvalue weighted by Crippen LogP contribution is 2.33. The van der Waals surface area contributed by atoms with Gasteiger partial charge in [0.15, 0.2) is 0 Å². The molecule has 1 saturated heterocycles. The molecule has 1 aliphatic rings. The number of aromatic amines is 1. The summed E-state index contributed by atoms with van der Waals surface area (Å²) in [7, 11) is 0. The van der Waals surface area contributed by atoms with Gasteiger partial charge in [0.25, 0.3) is 5.56 Å². The van der Waals surface area contributed by atoms with E-state index in [1.807, 2.05) is 25.1 Å². The summed E-state index contributed by atoms with van der Waals surface area (Å²) < 4.78 is 8.79. The molecule has 4 heterocycles. The fourth-order valence-corrected chi connectivity index (χ4v) is 4.57. The number of hydrogen-bond donors (Lipinski definition) is 2. The van der Waals surface area contributed by atoms with Gasteiger partial charge in [-0.15, -0.1) is 12.4 Å². The number of hydrogen-bond acceptors (Lipinski definition) is 6. The lowest BCUT2D eigenvalue weighted by atomic mass is 9.94. The van der Waals surface area contributed by atoms with E-state index in [2.05, 4.69) is 20.4 Å². The lowest BCUT2D eigenvalue weighted by Gasteiger charge is -2.25. The fraction of sp³-hybridized carbons (Fsp3) is 0.304. The van der Waals surface area contributed by atoms with Crippen molar-refractivity contribution in [3.8, 4) is 11.3 Å². The van der Waals surface area contributed by atoms with Crippen LogP contribution in [0.1, 0.15) is 16.7 Å². The van der Waals surface area contributed by atoms with Crippen LogP contribution in [0.2, 0.25) is 5.02 Å². The van der Waals surface area contributed by atoms with E-state index in [1.165, 1.54) is 18.6 Å². The zero-order chi connectivity index (χ0) is 22.9. The van der Waals surface area contributed by atoms with E-state index >= 15 is 0 Å². The van der Waals surface area contributed by atoms with Gasteiger partial charge >= 0.3 is 5.69 Å². The first kappa shape index (κ1) is 24.2. The molecular formula is C23H24Cl2N6O3. The molecule has 0 saturated carbocycles. The fourth-order valence-electron chi connectivity index (χ4n) is 4.30. The summed E-state index contributed by atoms with van der Waals surface area (Å²) in [5.74, 6) is 0. The molecule has 34 heavy (non-hydrogen) atoms. The Hall–Kier alpha value is -2.98. The number of aromatic nitrogens is 5. The Morgan fingerprint density at radius 2 is 2.12 bits per heavy atom. The van der Waals surface area contributed by atoms with Crippen LogP contribution in [0.4, 0.5) is 0 Å². The third-order valence-corrected chi connectivity index (χ3v) is 6.09. The molecule has 1 aliphatic heterocycles. The van der Waals surface area contributed by atoms with E-state index in [9.17, 15) is 9.59 Å². The highest BCUT2D eigenvalue weighted by atomic mass is 35.5. The van der Waals surface area contributed by atoms with Gasteiger partial charge in [0, 0.05) is 48.6 Å². The third-order valence-electron chi connectivity index (χ3n) is 5.88. The van der Waals surface area contributed by atoms with E-state index < -0.39 is 5.69 Å². The molecule has 3 aromatic heterocycles. The van der Waals surface area contributed by atoms with Crippen LogP contribution in [0, 0.1) is 6.92 Å². The first-order valence-corrected chi connectivity index (χ1v) is 11.1. The van der Waals surface area contributed by atoms with E-state index in [4.69, 9.17) is 16.3 Å². The molecule has 4 aromatic rings. The summed E-state index contributed by atoms with van der Waals surface area (Å²) >= 11 is 6.44. The van der Waals surface area contributed by atoms with Crippen molar-refractivity contribution in [1.82, 2.24) is 29.5 Å². The number of H-pyrrole nitrogens is 1. The topological polar surface area (TPSA) is 106 Å². The first-order valence-electron chi connectivity index (χ1n) is 10.7. The predicted octanol–water partition coefficient (Wildman–Crippen LogP) is 2.21. The maximum absolute atomic E-state index is 12.1. The lowest BCUT2D eigenvalue weighted by Crippen LogP contribution is -2.39. The molecule has 9 nitrogen and oxygen atoms in total. The summed E-state index contributed by atoms with van der Waals surface area (Å²) in [6.45, 7) is 4.49. The molecule has 0 amide bonds. The van der Waals surface area contributed by atoms with Crippen LogP contribution in [0.5, 0.6) is 0 Å². The summed E-state index contributed by atoms with van der Waals surface area (Å²) in [5, 5.41) is 8.33. The Labute approximate surface area is 206 Å². The van der Waals surface area contributed by atoms with Gasteiger partial charge in [-0.1, -0.05) is 11.6 Å². The van der Waals surface area contributed by atoms with Crippen molar-refractivity contribution < 1.29 is 4.74 Å². The average molecular weight is 503 g/mol. The van der Waals surface area contributed by atoms with Crippen molar-refractivity contribution in [3.63, 3.8) is 0 Å². The lowest BCUT2D eigenvalue weighted by molar-refractivity contribution is 0.0292. The van der Waals surface area contributed by atoms with Crippen molar-refractivity contribution >= 4 is 29.5 Å². The molecule has 0 bridgehead atoms. The maximum Gasteiger partial charge on any atom is 0.328 e. The van der Waals surface area contributed by atoms with Crippen LogP contribution in [0.3, 0.4) is 0 Å². The van der Waals surface area contributed by atoms with E-state index in [1.54, 1.807) is 10.7 Å². The van der Waals surface area contributed by atoms with Crippen molar-refractivity contribution in [2.24, 2.45) is 0 Å². The number of aryl methyl sites for hydroxylation is 1. The van der Waals surface area contributed by atoms with E-state index in [0.29, 0.717) is 11.6 Å². The van der Waals surface area contributed by atoms with Gasteiger partial charge in [0.1, 0.15) is 6.33 Å². The largest absolute Gasteiger partial charge is 0.375 e. The Morgan fingerprint density at radius 1 is 1.26 bits per heavy atom. The minimum atomic E-state index is -0.460. The number of rotatable bonds is 5. The molecular weight excluding hydrogens is 479 g/mol. The van der Waals surface area contributed by atoms with Crippen molar-refractivity contribution in [1.29, 1.82) is 0 Å². The number of nitrogens with one attached hydrogen (secondary N) is 2. The Morgan fingerprint density at radius 3 is 2.88 bits per heavy atom. The van der Waals surface area contributed by atoms with Crippen LogP contribution in [-0.4, -0.2) is 49.9 Å². The highest BCUT2D eigenvalue weighted by molar-refractivity contribution is 6.31. The third kappa shape index (κ3) is 4.78. The minimum Gasteiger partial charge on any atom is -0.375 e. The highest BCUT2D eigenvalue weighted by Gasteiger charge is 2.21. The molecule has 0 spiro atoms. The summed E-state index contributed by atoms with van der Waals surface area (Å²) in [5.41, 5.74) is 4.53. The van der Waals surface area contributed by atoms with Gasteiger partial charge < -0.3 is 15.0 Å². The number of halogens is 2. The molecule has 2 N–H and O–H groups in total. The minimum absolute atomic E-state index is 0. The number of benzene rings is 1. The number of morpholine rings is 1. The van der Waals surface area contributed by atoms with Crippen LogP contribution in [0.15, 0.2) is 52.6 Å². The Kier molecular flexibility index (Phi) is 7.18. The monoisotopic (exact) mass is 502 g/mol. The quantitative estimate of drug-likeness (QED) is 0.433. The van der Waals surface area contributed by atoms with E-state index in [-0.39, 0.29) is 30.6 Å². The molecule has 1 unspecified atom stereocenters. The van der Waals surface area contributed by atoms with Crippen LogP contribution in [-0.2, 0) is 17.7 Å². The maximum atomic E-state index is 12.1. The average Bonchev–Trinajstić information content (AvgIpc) is 3.22. The molecule has 1 fully saturated rings. The smallest absolute Gasteiger partial charge is 0.328 e. The number of fused-ring (bicyclic) bond motifs is 1. The first-order chi connectivity index (χ1) is 16.0. The zero-order valence-corrected chi connectivity index (χ0v) is 20.0. The molecule has 1 aromatic carbocycles. The van der Waals surface area contributed by atoms with Gasteiger partial charge in [-0.05, 0) is 41.8 Å². The zero-order valence-electron chi connectivity index (χ0n) is 18.5. The molecule has 0 radical (unpaired) electrons. The second kappa shape index (κ2) is 10.1. The molecule has 1 atom stereocenters. The number of nitrogens with zero attached hydrogens (tertiary/aromatic N) is 4. The molecule has 5 rings (SSSR count). The summed E-state index contributed by atoms with van der Waals surface area (Å²) in [6.07, 6.45) is 5.42. The van der Waals surface area contributed by atoms with Gasteiger partial charge in [0.2, 0.25) is 0 Å². The predicted molar refractivity (Wildman–Crippen MR) is 132 cm³/mol. The van der Waals surface area contributed by atoms with Crippen molar-refractivity contribution in [2.75, 3.05) is 19.7 Å². The second-order valence-electron chi connectivity index (χ2n) is 8.14. The summed E-state index contributed by atoms with van der Waals surface area (Å²) in [4.78, 5) is 31.3. The van der Waals surface area contributed by atoms with Crippen LogP contribution >= 0.6 is 24.0 Å². The van der Waals surface area contributed by atoms with Crippen LogP contribution < -0.4 is 16.6 Å². The molecule has 178 valence electrons. The van der Waals surface area contributed by atoms with Crippen molar-refractivity contribution in [2.45, 2.75) is 26.0 Å². The number of ether oxygens (including phenoxy) is 1. The van der Waals surface area contributed by atoms with Gasteiger partial charge in [-0.3, -0.25) is 9.36 Å². The Bertz CT molecular complexity index is 1410. The Balaban J connectivity index is 0.00000274. The van der Waals surface area contributed by atoms with Gasteiger partial charge in [-0.2, -0.15) is 5.10 Å². The summed E-state index contributed by atoms with van der Waals surface area (Å²) in [6, 6.07) is 7.09. The van der Waals surface area contributed by atoms with E-state index in [0.717, 1.165) is 57.5 Å². The van der Waals surface area contributed by atoms with Gasteiger partial charge in [-0.25, -0.2) is 14.3 Å². The SMILES string of the molecule is Cc1cc(Cl)cc(-c2ncnn3cc(Cn4c(=O)cc[nH]c4=O)cc23)c1CC1CNCCO1.Cl. The second-order valence-corrected chi connectivity index (χ2v) is 8.58. The van der Waals surface area contributed by atoms with Gasteiger partial charge in [0.05, 0.1) is 30.5 Å². The molecule has 11 heteroatoms. The standard InChI is InChI=1S/C23H23ClN6O3.ClH/c1-14-6-16(24)8-19(18(14)9-17-10-25-4-5-33-17)22-20-7-15(12-30(20)28-13-27-22)11-29-21(31)2-3-26-23(29)32;/h2-3,6-8,12-13,17,25H,4-5,9-11H2,1H3,(H,26,32);1H. The normalized spacial score (nSPS) is 15.9. The molecule has 0 aliphatic carbocycles.